The van der Waals surface area contributed by atoms with Crippen molar-refractivity contribution < 1.29 is 9.47 Å². The normalized spacial score (nSPS) is 11.1. The van der Waals surface area contributed by atoms with Crippen molar-refractivity contribution in [3.05, 3.63) is 41.0 Å². The molecule has 1 aromatic carbocycles. The van der Waals surface area contributed by atoms with Crippen LogP contribution in [0.2, 0.25) is 0 Å². The lowest BCUT2D eigenvalue weighted by atomic mass is 10.2. The molecular formula is C17H15BrN4O2. The molecule has 0 spiro atoms. The first-order valence-corrected chi connectivity index (χ1v) is 8.13. The molecule has 0 unspecified atom stereocenters. The largest absolute Gasteiger partial charge is 0.493 e. The quantitative estimate of drug-likeness (QED) is 0.481. The van der Waals surface area contributed by atoms with Gasteiger partial charge in [0, 0.05) is 17.1 Å². The van der Waals surface area contributed by atoms with Crippen LogP contribution in [0.25, 0.3) is 22.0 Å². The molecule has 2 heterocycles. The summed E-state index contributed by atoms with van der Waals surface area (Å²) in [6, 6.07) is 9.86. The summed E-state index contributed by atoms with van der Waals surface area (Å²) in [5, 5.41) is 11.8. The van der Waals surface area contributed by atoms with Gasteiger partial charge in [0.15, 0.2) is 11.5 Å². The van der Waals surface area contributed by atoms with Gasteiger partial charge in [-0.15, -0.1) is 0 Å². The molecule has 2 aromatic rings. The minimum atomic E-state index is 0.703. The number of aromatic amines is 2. The van der Waals surface area contributed by atoms with Crippen LogP contribution in [0.3, 0.4) is 0 Å². The summed E-state index contributed by atoms with van der Waals surface area (Å²) < 4.78 is 11.7. The second kappa shape index (κ2) is 5.76. The second-order valence-corrected chi connectivity index (χ2v) is 6.17. The third kappa shape index (κ3) is 2.28. The van der Waals surface area contributed by atoms with Crippen LogP contribution in [0.15, 0.2) is 41.0 Å². The Balaban J connectivity index is 1.81. The molecule has 4 rings (SSSR count). The van der Waals surface area contributed by atoms with Crippen LogP contribution < -0.4 is 14.8 Å². The fraction of sp³-hybridized carbons (Fsp3) is 0.118. The zero-order chi connectivity index (χ0) is 16.7. The third-order valence-electron chi connectivity index (χ3n) is 3.98. The highest BCUT2D eigenvalue weighted by Gasteiger charge is 2.19. The van der Waals surface area contributed by atoms with Crippen molar-refractivity contribution >= 4 is 38.3 Å². The van der Waals surface area contributed by atoms with Gasteiger partial charge in [-0.05, 0) is 51.6 Å². The maximum Gasteiger partial charge on any atom is 0.161 e. The molecule has 0 amide bonds. The molecule has 1 aromatic heterocycles. The zero-order valence-electron chi connectivity index (χ0n) is 13.1. The summed E-state index contributed by atoms with van der Waals surface area (Å²) in [6.45, 7) is 0. The Morgan fingerprint density at radius 1 is 1.08 bits per heavy atom. The number of pyridine rings is 1. The molecule has 0 saturated carbocycles. The Hall–Kier alpha value is -2.67. The first kappa shape index (κ1) is 14.9. The lowest BCUT2D eigenvalue weighted by molar-refractivity contribution is 0.356. The Morgan fingerprint density at radius 2 is 1.88 bits per heavy atom. The van der Waals surface area contributed by atoms with Gasteiger partial charge in [-0.25, -0.2) is 4.98 Å². The molecule has 0 bridgehead atoms. The second-order valence-electron chi connectivity index (χ2n) is 5.31. The number of nitrogens with zero attached hydrogens (tertiary/aromatic N) is 1. The van der Waals surface area contributed by atoms with E-state index < -0.39 is 0 Å². The number of benzene rings is 1. The molecule has 1 aliphatic carbocycles. The van der Waals surface area contributed by atoms with E-state index in [2.05, 4.69) is 42.5 Å². The number of anilines is 2. The monoisotopic (exact) mass is 386 g/mol. The van der Waals surface area contributed by atoms with Crippen molar-refractivity contribution in [1.29, 1.82) is 0 Å². The molecule has 0 fully saturated rings. The predicted molar refractivity (Wildman–Crippen MR) is 97.6 cm³/mol. The molecule has 3 N–H and O–H groups in total. The molecule has 0 radical (unpaired) electrons. The molecule has 24 heavy (non-hydrogen) atoms. The first-order valence-electron chi connectivity index (χ1n) is 7.33. The Labute approximate surface area is 146 Å². The summed E-state index contributed by atoms with van der Waals surface area (Å²) in [6.07, 6.45) is 1.74. The van der Waals surface area contributed by atoms with E-state index in [0.29, 0.717) is 11.5 Å². The highest BCUT2D eigenvalue weighted by molar-refractivity contribution is 9.10. The van der Waals surface area contributed by atoms with Gasteiger partial charge in [0.05, 0.1) is 24.4 Å². The lowest BCUT2D eigenvalue weighted by Gasteiger charge is -2.07. The highest BCUT2D eigenvalue weighted by Crippen LogP contribution is 2.42. The smallest absolute Gasteiger partial charge is 0.161 e. The van der Waals surface area contributed by atoms with E-state index in [0.717, 1.165) is 38.1 Å². The lowest BCUT2D eigenvalue weighted by Crippen LogP contribution is -1.95. The van der Waals surface area contributed by atoms with Crippen molar-refractivity contribution in [1.82, 2.24) is 15.2 Å². The van der Waals surface area contributed by atoms with Crippen LogP contribution in [0.4, 0.5) is 11.6 Å². The summed E-state index contributed by atoms with van der Waals surface area (Å²) in [7, 11) is 3.27. The summed E-state index contributed by atoms with van der Waals surface area (Å²) >= 11 is 3.50. The molecule has 2 aliphatic rings. The zero-order valence-corrected chi connectivity index (χ0v) is 14.7. The predicted octanol–water partition coefficient (Wildman–Crippen LogP) is 4.52. The van der Waals surface area contributed by atoms with E-state index in [-0.39, 0.29) is 0 Å². The van der Waals surface area contributed by atoms with Gasteiger partial charge in [0.25, 0.3) is 0 Å². The first-order chi connectivity index (χ1) is 11.7. The van der Waals surface area contributed by atoms with Crippen LogP contribution in [-0.2, 0) is 0 Å². The van der Waals surface area contributed by atoms with E-state index in [1.54, 1.807) is 20.4 Å². The summed E-state index contributed by atoms with van der Waals surface area (Å²) in [5.74, 6) is 3.01. The SMILES string of the molecule is COc1cc2cc3c(Nc4ncccc4Br)[nH][nH]c-3c2cc1OC. The number of hydrogen-bond donors (Lipinski definition) is 3. The summed E-state index contributed by atoms with van der Waals surface area (Å²) in [4.78, 5) is 4.34. The molecule has 7 heteroatoms. The van der Waals surface area contributed by atoms with Gasteiger partial charge in [0.1, 0.15) is 11.6 Å². The minimum absolute atomic E-state index is 0.703. The Morgan fingerprint density at radius 3 is 2.62 bits per heavy atom. The standard InChI is InChI=1S/C17H15BrN4O2/c1-23-13-7-9-6-11-15(10(9)8-14(13)24-2)21-22-16(11)20-17-12(18)4-3-5-19-17/h3-8,21-22H,1-2H3,(H,19,20). The van der Waals surface area contributed by atoms with Crippen LogP contribution in [0.5, 0.6) is 11.5 Å². The number of ether oxygens (including phenoxy) is 2. The number of hydrogen-bond acceptors (Lipinski definition) is 4. The fourth-order valence-corrected chi connectivity index (χ4v) is 3.18. The number of methoxy groups -OCH3 is 2. The van der Waals surface area contributed by atoms with E-state index in [1.165, 1.54) is 0 Å². The maximum atomic E-state index is 5.40. The van der Waals surface area contributed by atoms with Crippen molar-refractivity contribution in [2.75, 3.05) is 19.5 Å². The van der Waals surface area contributed by atoms with Gasteiger partial charge in [-0.2, -0.15) is 0 Å². The number of aromatic nitrogens is 3. The average Bonchev–Trinajstić information content (AvgIpc) is 3.15. The Bertz CT molecular complexity index is 992. The molecule has 0 atom stereocenters. The van der Waals surface area contributed by atoms with Crippen molar-refractivity contribution in [2.24, 2.45) is 0 Å². The van der Waals surface area contributed by atoms with Crippen LogP contribution >= 0.6 is 15.9 Å². The molecule has 1 aliphatic heterocycles. The molecule has 0 saturated heterocycles. The third-order valence-corrected chi connectivity index (χ3v) is 4.62. The number of halogens is 1. The van der Waals surface area contributed by atoms with Gasteiger partial charge < -0.3 is 14.8 Å². The highest BCUT2D eigenvalue weighted by atomic mass is 79.9. The average molecular weight is 387 g/mol. The minimum Gasteiger partial charge on any atom is -0.493 e. The topological polar surface area (TPSA) is 75.0 Å². The number of rotatable bonds is 4. The van der Waals surface area contributed by atoms with Gasteiger partial charge >= 0.3 is 0 Å². The van der Waals surface area contributed by atoms with E-state index in [9.17, 15) is 0 Å². The van der Waals surface area contributed by atoms with Gasteiger partial charge in [-0.1, -0.05) is 0 Å². The molecule has 6 nitrogen and oxygen atoms in total. The number of fused-ring (bicyclic) bond motifs is 3. The Kier molecular flexibility index (Phi) is 3.57. The van der Waals surface area contributed by atoms with Crippen LogP contribution in [-0.4, -0.2) is 29.4 Å². The van der Waals surface area contributed by atoms with Crippen molar-refractivity contribution in [3.63, 3.8) is 0 Å². The van der Waals surface area contributed by atoms with Crippen LogP contribution in [0, 0.1) is 0 Å². The van der Waals surface area contributed by atoms with E-state index >= 15 is 0 Å². The van der Waals surface area contributed by atoms with Gasteiger partial charge in [0.2, 0.25) is 0 Å². The molecular weight excluding hydrogens is 372 g/mol. The van der Waals surface area contributed by atoms with E-state index in [4.69, 9.17) is 9.47 Å². The van der Waals surface area contributed by atoms with Gasteiger partial charge in [-0.3, -0.25) is 10.2 Å². The van der Waals surface area contributed by atoms with Crippen LogP contribution in [0.1, 0.15) is 0 Å². The molecule has 122 valence electrons. The maximum absolute atomic E-state index is 5.40. The van der Waals surface area contributed by atoms with Crippen molar-refractivity contribution in [2.45, 2.75) is 0 Å². The number of nitrogens with one attached hydrogen (secondary N) is 3. The fourth-order valence-electron chi connectivity index (χ4n) is 2.82. The summed E-state index contributed by atoms with van der Waals surface area (Å²) in [5.41, 5.74) is 2.04. The van der Waals surface area contributed by atoms with Crippen molar-refractivity contribution in [3.8, 4) is 22.8 Å². The number of H-pyrrole nitrogens is 2. The van der Waals surface area contributed by atoms with E-state index in [1.807, 2.05) is 24.3 Å².